The minimum absolute atomic E-state index is 0.189. The molecule has 6 N–H and O–H groups in total. The number of carbonyl (C=O) groups is 4. The molecule has 2 aromatic heterocycles. The van der Waals surface area contributed by atoms with Crippen molar-refractivity contribution in [1.82, 2.24) is 41.0 Å². The first-order valence-electron chi connectivity index (χ1n) is 20.3. The van der Waals surface area contributed by atoms with E-state index in [0.29, 0.717) is 48.4 Å². The zero-order chi connectivity index (χ0) is 41.7. The molecule has 12 nitrogen and oxygen atoms in total. The molecule has 58 heavy (non-hydrogen) atoms. The van der Waals surface area contributed by atoms with Gasteiger partial charge in [0, 0.05) is 47.0 Å². The molecule has 4 aromatic rings. The van der Waals surface area contributed by atoms with Crippen LogP contribution < -0.4 is 21.3 Å². The Balaban J connectivity index is 1.38. The van der Waals surface area contributed by atoms with Gasteiger partial charge in [-0.2, -0.15) is 0 Å². The van der Waals surface area contributed by atoms with E-state index >= 15 is 0 Å². The Hall–Kier alpha value is -5.34. The second-order valence-corrected chi connectivity index (χ2v) is 15.6. The summed E-state index contributed by atoms with van der Waals surface area (Å²) >= 11 is 0. The highest BCUT2D eigenvalue weighted by atomic mass is 19.1. The quantitative estimate of drug-likeness (QED) is 0.0828. The first-order valence-corrected chi connectivity index (χ1v) is 20.3. The van der Waals surface area contributed by atoms with Crippen LogP contribution in [0.15, 0.2) is 61.7 Å². The van der Waals surface area contributed by atoms with Gasteiger partial charge in [0.25, 0.3) is 0 Å². The number of nitrogens with one attached hydrogen (secondary N) is 6. The van der Waals surface area contributed by atoms with Gasteiger partial charge in [-0.05, 0) is 127 Å². The summed E-state index contributed by atoms with van der Waals surface area (Å²) < 4.78 is 29.6. The van der Waals surface area contributed by atoms with E-state index in [9.17, 15) is 28.0 Å². The Morgan fingerprint density at radius 3 is 1.48 bits per heavy atom. The van der Waals surface area contributed by atoms with Gasteiger partial charge in [-0.1, -0.05) is 12.2 Å². The van der Waals surface area contributed by atoms with Gasteiger partial charge in [-0.25, -0.2) is 8.78 Å². The van der Waals surface area contributed by atoms with Crippen molar-refractivity contribution in [2.24, 2.45) is 0 Å². The molecule has 2 fully saturated rings. The maximum absolute atomic E-state index is 14.8. The van der Waals surface area contributed by atoms with Gasteiger partial charge >= 0.3 is 0 Å². The number of likely N-dealkylation sites (N-methyl/N-ethyl adjacent to an activating group) is 2. The van der Waals surface area contributed by atoms with E-state index in [4.69, 9.17) is 0 Å². The van der Waals surface area contributed by atoms with Crippen molar-refractivity contribution in [3.8, 4) is 11.4 Å². The second-order valence-electron chi connectivity index (χ2n) is 15.6. The van der Waals surface area contributed by atoms with Gasteiger partial charge in [-0.3, -0.25) is 19.2 Å². The third-order valence-corrected chi connectivity index (χ3v) is 11.9. The normalized spacial score (nSPS) is 18.9. The third-order valence-electron chi connectivity index (χ3n) is 11.9. The Kier molecular flexibility index (Phi) is 13.5. The summed E-state index contributed by atoms with van der Waals surface area (Å²) in [7, 11) is 3.37. The Labute approximate surface area is 338 Å². The Morgan fingerprint density at radius 2 is 1.12 bits per heavy atom. The highest BCUT2D eigenvalue weighted by Gasteiger charge is 2.37. The first-order chi connectivity index (χ1) is 27.9. The van der Waals surface area contributed by atoms with Crippen LogP contribution in [0.2, 0.25) is 0 Å². The van der Waals surface area contributed by atoms with Crippen molar-refractivity contribution >= 4 is 45.4 Å². The molecule has 0 saturated carbocycles. The predicted octanol–water partition coefficient (Wildman–Crippen LogP) is 5.00. The fourth-order valence-corrected chi connectivity index (χ4v) is 8.49. The lowest BCUT2D eigenvalue weighted by atomic mass is 9.95. The number of H-pyrrole nitrogens is 2. The van der Waals surface area contributed by atoms with Crippen LogP contribution in [0.3, 0.4) is 0 Å². The molecule has 6 rings (SSSR count). The lowest BCUT2D eigenvalue weighted by Gasteiger charge is -2.30. The van der Waals surface area contributed by atoms with Crippen molar-refractivity contribution in [3.63, 3.8) is 0 Å². The molecule has 4 heterocycles. The lowest BCUT2D eigenvalue weighted by molar-refractivity contribution is -0.137. The summed E-state index contributed by atoms with van der Waals surface area (Å²) in [6.45, 7) is 12.1. The van der Waals surface area contributed by atoms with Crippen LogP contribution in [0.1, 0.15) is 63.5 Å². The van der Waals surface area contributed by atoms with Gasteiger partial charge in [0.05, 0.1) is 23.5 Å². The van der Waals surface area contributed by atoms with E-state index in [1.54, 1.807) is 52.2 Å². The standard InChI is InChI=1S/C44H56F2N8O4/c1-7-11-35(51-41(55)25(3)47-5)43(57)53-19-9-13-29(53)23-33-31-17-15-27(45)21-37(31)49-39(33)40-34(32-18-16-28(46)22-38(32)50-40)24-30-14-10-20-54(30)44(58)36(12-8-2)52-42(56)26(4)48-6/h7-8,15-18,21-22,25-26,29-30,35-36,47-50H,1-2,9-14,19-20,23-24H2,3-6H3,(H,51,55)(H,52,56)/t25-,26-,29-,30-,35-,36-/m0/s1. The van der Waals surface area contributed by atoms with E-state index in [1.807, 2.05) is 9.80 Å². The van der Waals surface area contributed by atoms with Gasteiger partial charge in [0.1, 0.15) is 23.7 Å². The van der Waals surface area contributed by atoms with E-state index < -0.39 is 35.8 Å². The Morgan fingerprint density at radius 1 is 0.724 bits per heavy atom. The van der Waals surface area contributed by atoms with Crippen molar-refractivity contribution in [2.75, 3.05) is 27.2 Å². The molecular weight excluding hydrogens is 743 g/mol. The van der Waals surface area contributed by atoms with Crippen LogP contribution in [0.4, 0.5) is 8.78 Å². The number of aromatic nitrogens is 2. The van der Waals surface area contributed by atoms with Crippen molar-refractivity contribution in [2.45, 2.75) is 101 Å². The third kappa shape index (κ3) is 8.87. The molecular formula is C44H56F2N8O4. The first kappa shape index (κ1) is 42.3. The molecule has 0 aliphatic carbocycles. The lowest BCUT2D eigenvalue weighted by Crippen LogP contribution is -2.53. The summed E-state index contributed by atoms with van der Waals surface area (Å²) in [5.74, 6) is -1.76. The monoisotopic (exact) mass is 798 g/mol. The highest BCUT2D eigenvalue weighted by molar-refractivity contribution is 5.97. The summed E-state index contributed by atoms with van der Waals surface area (Å²) in [6.07, 6.45) is 7.65. The largest absolute Gasteiger partial charge is 0.353 e. The fraction of sp³-hybridized carbons (Fsp3) is 0.455. The number of carbonyl (C=O) groups excluding carboxylic acids is 4. The molecule has 310 valence electrons. The van der Waals surface area contributed by atoms with Crippen LogP contribution in [0.25, 0.3) is 33.2 Å². The molecule has 2 aliphatic heterocycles. The molecule has 0 bridgehead atoms. The molecule has 2 aromatic carbocycles. The Bertz CT molecular complexity index is 2030. The zero-order valence-electron chi connectivity index (χ0n) is 33.9. The van der Waals surface area contributed by atoms with Gasteiger partial charge in [0.2, 0.25) is 23.6 Å². The number of rotatable bonds is 17. The fourth-order valence-electron chi connectivity index (χ4n) is 8.49. The molecule has 0 spiro atoms. The van der Waals surface area contributed by atoms with Crippen molar-refractivity contribution in [1.29, 1.82) is 0 Å². The van der Waals surface area contributed by atoms with E-state index in [0.717, 1.165) is 47.6 Å². The van der Waals surface area contributed by atoms with Gasteiger partial charge in [-0.15, -0.1) is 13.2 Å². The summed E-state index contributed by atoms with van der Waals surface area (Å²) in [6, 6.07) is 6.21. The number of hydrogen-bond acceptors (Lipinski definition) is 6. The number of nitrogens with zero attached hydrogens (tertiary/aromatic N) is 2. The molecule has 0 unspecified atom stereocenters. The summed E-state index contributed by atoms with van der Waals surface area (Å²) in [4.78, 5) is 64.6. The van der Waals surface area contributed by atoms with Gasteiger partial charge < -0.3 is 41.0 Å². The minimum atomic E-state index is -0.781. The average molecular weight is 799 g/mol. The SMILES string of the molecule is C=CC[C@H](NC(=O)[C@H](C)NC)C(=O)N1CCC[C@H]1Cc1c(-c2[nH]c3cc(F)ccc3c2C[C@@H]2CCCN2C(=O)[C@H](CC=C)NC(=O)[C@H](C)NC)[nH]c2cc(F)ccc12. The topological polar surface area (TPSA) is 154 Å². The number of fused-ring (bicyclic) bond motifs is 2. The predicted molar refractivity (Wildman–Crippen MR) is 223 cm³/mol. The van der Waals surface area contributed by atoms with E-state index in [1.165, 1.54) is 24.3 Å². The number of benzene rings is 2. The summed E-state index contributed by atoms with van der Waals surface area (Å²) in [5.41, 5.74) is 4.27. The highest BCUT2D eigenvalue weighted by Crippen LogP contribution is 2.40. The maximum Gasteiger partial charge on any atom is 0.245 e. The smallest absolute Gasteiger partial charge is 0.245 e. The van der Waals surface area contributed by atoms with Crippen LogP contribution in [0.5, 0.6) is 0 Å². The molecule has 2 saturated heterocycles. The van der Waals surface area contributed by atoms with Gasteiger partial charge in [0.15, 0.2) is 0 Å². The minimum Gasteiger partial charge on any atom is -0.353 e. The van der Waals surface area contributed by atoms with Crippen molar-refractivity contribution in [3.05, 3.63) is 84.5 Å². The van der Waals surface area contributed by atoms with Crippen LogP contribution >= 0.6 is 0 Å². The number of amides is 4. The number of hydrogen-bond donors (Lipinski definition) is 6. The van der Waals surface area contributed by atoms with E-state index in [2.05, 4.69) is 44.4 Å². The second kappa shape index (κ2) is 18.5. The van der Waals surface area contributed by atoms with Crippen molar-refractivity contribution < 1.29 is 28.0 Å². The molecule has 2 aliphatic rings. The van der Waals surface area contributed by atoms with Crippen LogP contribution in [-0.4, -0.2) is 107 Å². The van der Waals surface area contributed by atoms with Crippen LogP contribution in [0, 0.1) is 11.6 Å². The zero-order valence-corrected chi connectivity index (χ0v) is 33.9. The van der Waals surface area contributed by atoms with Crippen LogP contribution in [-0.2, 0) is 32.0 Å². The average Bonchev–Trinajstić information content (AvgIpc) is 4.02. The number of likely N-dealkylation sites (tertiary alicyclic amines) is 2. The molecule has 6 atom stereocenters. The molecule has 0 radical (unpaired) electrons. The van der Waals surface area contributed by atoms with E-state index in [-0.39, 0.29) is 48.6 Å². The maximum atomic E-state index is 14.8. The number of halogens is 2. The summed E-state index contributed by atoms with van der Waals surface area (Å²) in [5, 5.41) is 13.2. The molecule has 14 heteroatoms. The molecule has 4 amide bonds. The number of aromatic amines is 2.